The van der Waals surface area contributed by atoms with E-state index in [-0.39, 0.29) is 17.0 Å². The standard InChI is InChI=1S/C23H22BrFN2O4S/c1-15-12-18(9-11-22(15)31-2)32(29,30)27-21(13-16-6-4-3-5-7-16)23(28)26-20-10-8-17(24)14-19(20)25/h3-12,14,21,27H,13H2,1-2H3,(H,26,28). The molecule has 0 aliphatic heterocycles. The first-order valence-electron chi connectivity index (χ1n) is 9.66. The van der Waals surface area contributed by atoms with E-state index in [1.165, 1.54) is 31.4 Å². The Balaban J connectivity index is 1.89. The van der Waals surface area contributed by atoms with Gasteiger partial charge in [0.2, 0.25) is 15.9 Å². The largest absolute Gasteiger partial charge is 0.496 e. The third kappa shape index (κ3) is 5.93. The Bertz CT molecular complexity index is 1220. The molecule has 32 heavy (non-hydrogen) atoms. The first-order chi connectivity index (χ1) is 15.2. The number of amides is 1. The Kier molecular flexibility index (Phi) is 7.65. The summed E-state index contributed by atoms with van der Waals surface area (Å²) in [5, 5.41) is 2.48. The lowest BCUT2D eigenvalue weighted by Gasteiger charge is -2.19. The van der Waals surface area contributed by atoms with Gasteiger partial charge in [-0.15, -0.1) is 0 Å². The molecule has 0 saturated heterocycles. The molecule has 0 spiro atoms. The fraction of sp³-hybridized carbons (Fsp3) is 0.174. The van der Waals surface area contributed by atoms with Gasteiger partial charge in [0.05, 0.1) is 17.7 Å². The van der Waals surface area contributed by atoms with Crippen LogP contribution in [0.2, 0.25) is 0 Å². The Morgan fingerprint density at radius 3 is 2.44 bits per heavy atom. The highest BCUT2D eigenvalue weighted by Gasteiger charge is 2.27. The summed E-state index contributed by atoms with van der Waals surface area (Å²) in [7, 11) is -2.55. The molecule has 6 nitrogen and oxygen atoms in total. The van der Waals surface area contributed by atoms with Gasteiger partial charge in [-0.3, -0.25) is 4.79 Å². The molecule has 1 unspecified atom stereocenters. The van der Waals surface area contributed by atoms with Crippen LogP contribution in [0.15, 0.2) is 76.1 Å². The summed E-state index contributed by atoms with van der Waals surface area (Å²) in [5.74, 6) is -0.767. The van der Waals surface area contributed by atoms with Crippen LogP contribution >= 0.6 is 15.9 Å². The van der Waals surface area contributed by atoms with Gasteiger partial charge in [-0.2, -0.15) is 4.72 Å². The second kappa shape index (κ2) is 10.2. The number of carbonyl (C=O) groups excluding carboxylic acids is 1. The normalized spacial score (nSPS) is 12.2. The predicted octanol–water partition coefficient (Wildman–Crippen LogP) is 4.43. The summed E-state index contributed by atoms with van der Waals surface area (Å²) in [6, 6.07) is 16.4. The third-order valence-corrected chi connectivity index (χ3v) is 6.72. The molecule has 2 N–H and O–H groups in total. The van der Waals surface area contributed by atoms with Gasteiger partial charge in [0, 0.05) is 4.47 Å². The summed E-state index contributed by atoms with van der Waals surface area (Å²) < 4.78 is 48.5. The zero-order chi connectivity index (χ0) is 23.3. The van der Waals surface area contributed by atoms with Crippen LogP contribution < -0.4 is 14.8 Å². The van der Waals surface area contributed by atoms with E-state index < -0.39 is 27.8 Å². The van der Waals surface area contributed by atoms with Crippen LogP contribution in [-0.4, -0.2) is 27.5 Å². The molecule has 0 bridgehead atoms. The van der Waals surface area contributed by atoms with Crippen molar-refractivity contribution in [1.29, 1.82) is 0 Å². The summed E-state index contributed by atoms with van der Waals surface area (Å²) >= 11 is 3.16. The molecule has 0 heterocycles. The van der Waals surface area contributed by atoms with Gasteiger partial charge in [0.15, 0.2) is 0 Å². The molecule has 3 aromatic rings. The van der Waals surface area contributed by atoms with Crippen molar-refractivity contribution in [3.8, 4) is 5.75 Å². The highest BCUT2D eigenvalue weighted by Crippen LogP contribution is 2.23. The molecule has 3 aromatic carbocycles. The monoisotopic (exact) mass is 520 g/mol. The molecule has 168 valence electrons. The molecule has 3 rings (SSSR count). The number of hydrogen-bond donors (Lipinski definition) is 2. The number of carbonyl (C=O) groups is 1. The number of methoxy groups -OCH3 is 1. The SMILES string of the molecule is COc1ccc(S(=O)(=O)NC(Cc2ccccc2)C(=O)Nc2ccc(Br)cc2F)cc1C. The van der Waals surface area contributed by atoms with Crippen LogP contribution in [0.4, 0.5) is 10.1 Å². The zero-order valence-corrected chi connectivity index (χ0v) is 19.8. The molecule has 0 radical (unpaired) electrons. The van der Waals surface area contributed by atoms with Crippen molar-refractivity contribution in [1.82, 2.24) is 4.72 Å². The average Bonchev–Trinajstić information content (AvgIpc) is 2.75. The van der Waals surface area contributed by atoms with E-state index in [0.29, 0.717) is 15.8 Å². The molecule has 9 heteroatoms. The lowest BCUT2D eigenvalue weighted by Crippen LogP contribution is -2.45. The lowest BCUT2D eigenvalue weighted by molar-refractivity contribution is -0.117. The Morgan fingerprint density at radius 1 is 1.09 bits per heavy atom. The van der Waals surface area contributed by atoms with Crippen molar-refractivity contribution in [2.24, 2.45) is 0 Å². The van der Waals surface area contributed by atoms with Crippen molar-refractivity contribution < 1.29 is 22.3 Å². The van der Waals surface area contributed by atoms with E-state index in [4.69, 9.17) is 4.74 Å². The quantitative estimate of drug-likeness (QED) is 0.460. The van der Waals surface area contributed by atoms with Crippen LogP contribution in [0.1, 0.15) is 11.1 Å². The highest BCUT2D eigenvalue weighted by molar-refractivity contribution is 9.10. The minimum Gasteiger partial charge on any atom is -0.496 e. The second-order valence-corrected chi connectivity index (χ2v) is 9.74. The van der Waals surface area contributed by atoms with Crippen molar-refractivity contribution in [3.05, 3.63) is 88.1 Å². The first kappa shape index (κ1) is 23.9. The van der Waals surface area contributed by atoms with Crippen LogP contribution in [0.3, 0.4) is 0 Å². The van der Waals surface area contributed by atoms with Gasteiger partial charge in [-0.1, -0.05) is 46.3 Å². The summed E-state index contributed by atoms with van der Waals surface area (Å²) in [5.41, 5.74) is 1.34. The van der Waals surface area contributed by atoms with Crippen molar-refractivity contribution in [2.45, 2.75) is 24.3 Å². The van der Waals surface area contributed by atoms with Gasteiger partial charge in [0.1, 0.15) is 17.6 Å². The number of hydrogen-bond acceptors (Lipinski definition) is 4. The van der Waals surface area contributed by atoms with Gasteiger partial charge >= 0.3 is 0 Å². The topological polar surface area (TPSA) is 84.5 Å². The zero-order valence-electron chi connectivity index (χ0n) is 17.4. The summed E-state index contributed by atoms with van der Waals surface area (Å²) in [6.45, 7) is 1.72. The maximum absolute atomic E-state index is 14.2. The van der Waals surface area contributed by atoms with Crippen molar-refractivity contribution in [3.63, 3.8) is 0 Å². The van der Waals surface area contributed by atoms with Gasteiger partial charge in [0.25, 0.3) is 0 Å². The number of ether oxygens (including phenoxy) is 1. The number of aryl methyl sites for hydroxylation is 1. The first-order valence-corrected chi connectivity index (χ1v) is 11.9. The van der Waals surface area contributed by atoms with E-state index >= 15 is 0 Å². The molecule has 0 aliphatic rings. The number of benzene rings is 3. The summed E-state index contributed by atoms with van der Waals surface area (Å²) in [6.07, 6.45) is 0.0825. The average molecular weight is 521 g/mol. The number of halogens is 2. The van der Waals surface area contributed by atoms with Crippen LogP contribution in [0, 0.1) is 12.7 Å². The lowest BCUT2D eigenvalue weighted by atomic mass is 10.1. The van der Waals surface area contributed by atoms with E-state index in [9.17, 15) is 17.6 Å². The summed E-state index contributed by atoms with van der Waals surface area (Å²) in [4.78, 5) is 13.0. The maximum Gasteiger partial charge on any atom is 0.242 e. The Labute approximate surface area is 195 Å². The molecular weight excluding hydrogens is 499 g/mol. The molecule has 1 atom stereocenters. The smallest absolute Gasteiger partial charge is 0.242 e. The fourth-order valence-corrected chi connectivity index (χ4v) is 4.74. The third-order valence-electron chi connectivity index (χ3n) is 4.76. The van der Waals surface area contributed by atoms with E-state index in [1.54, 1.807) is 43.3 Å². The van der Waals surface area contributed by atoms with E-state index in [0.717, 1.165) is 5.56 Å². The fourth-order valence-electron chi connectivity index (χ4n) is 3.12. The molecule has 1 amide bonds. The number of nitrogens with one attached hydrogen (secondary N) is 2. The van der Waals surface area contributed by atoms with Crippen molar-refractivity contribution in [2.75, 3.05) is 12.4 Å². The molecule has 0 aromatic heterocycles. The molecule has 0 fully saturated rings. The van der Waals surface area contributed by atoms with Crippen LogP contribution in [0.25, 0.3) is 0 Å². The number of sulfonamides is 1. The number of rotatable bonds is 8. The van der Waals surface area contributed by atoms with Crippen LogP contribution in [0.5, 0.6) is 5.75 Å². The second-order valence-electron chi connectivity index (χ2n) is 7.11. The number of anilines is 1. The molecule has 0 aliphatic carbocycles. The van der Waals surface area contributed by atoms with Gasteiger partial charge < -0.3 is 10.1 Å². The van der Waals surface area contributed by atoms with Crippen LogP contribution in [-0.2, 0) is 21.2 Å². The van der Waals surface area contributed by atoms with Gasteiger partial charge in [-0.25, -0.2) is 12.8 Å². The van der Waals surface area contributed by atoms with E-state index in [2.05, 4.69) is 26.0 Å². The minimum atomic E-state index is -4.05. The Morgan fingerprint density at radius 2 is 1.81 bits per heavy atom. The highest BCUT2D eigenvalue weighted by atomic mass is 79.9. The van der Waals surface area contributed by atoms with E-state index in [1.807, 2.05) is 6.07 Å². The van der Waals surface area contributed by atoms with Gasteiger partial charge in [-0.05, 0) is 60.9 Å². The minimum absolute atomic E-state index is 0.00326. The van der Waals surface area contributed by atoms with Crippen molar-refractivity contribution >= 4 is 37.5 Å². The maximum atomic E-state index is 14.2. The Hall–Kier alpha value is -2.75. The molecular formula is C23H22BrFN2O4S. The predicted molar refractivity (Wildman–Crippen MR) is 125 cm³/mol. The molecule has 0 saturated carbocycles.